The number of pyridine rings is 1. The van der Waals surface area contributed by atoms with Gasteiger partial charge in [0, 0.05) is 10.9 Å². The van der Waals surface area contributed by atoms with Crippen LogP contribution in [0, 0.1) is 0 Å². The van der Waals surface area contributed by atoms with Crippen LogP contribution in [-0.2, 0) is 0 Å². The van der Waals surface area contributed by atoms with Gasteiger partial charge in [-0.25, -0.2) is 4.98 Å². The molecule has 1 heterocycles. The van der Waals surface area contributed by atoms with Crippen LogP contribution in [0.2, 0.25) is 0 Å². The van der Waals surface area contributed by atoms with E-state index in [9.17, 15) is 4.79 Å². The van der Waals surface area contributed by atoms with E-state index < -0.39 is 0 Å². The Kier molecular flexibility index (Phi) is 3.81. The van der Waals surface area contributed by atoms with E-state index >= 15 is 0 Å². The highest BCUT2D eigenvalue weighted by atomic mass is 16.2. The quantitative estimate of drug-likeness (QED) is 0.881. The van der Waals surface area contributed by atoms with Gasteiger partial charge < -0.3 is 11.1 Å². The molecule has 19 heavy (non-hydrogen) atoms. The molecule has 1 aromatic heterocycles. The van der Waals surface area contributed by atoms with Crippen LogP contribution in [0.5, 0.6) is 0 Å². The molecule has 0 saturated heterocycles. The van der Waals surface area contributed by atoms with Crippen molar-refractivity contribution < 1.29 is 4.79 Å². The Bertz CT molecular complexity index is 593. The zero-order valence-electron chi connectivity index (χ0n) is 11.3. The van der Waals surface area contributed by atoms with E-state index in [0.29, 0.717) is 12.2 Å². The first-order chi connectivity index (χ1) is 9.02. The van der Waals surface area contributed by atoms with Crippen molar-refractivity contribution in [3.05, 3.63) is 42.1 Å². The highest BCUT2D eigenvalue weighted by Crippen LogP contribution is 2.13. The number of rotatable bonds is 4. The summed E-state index contributed by atoms with van der Waals surface area (Å²) in [6.07, 6.45) is 0.728. The van der Waals surface area contributed by atoms with Gasteiger partial charge in [0.25, 0.3) is 5.91 Å². The highest BCUT2D eigenvalue weighted by molar-refractivity contribution is 5.95. The molecule has 0 aliphatic carbocycles. The van der Waals surface area contributed by atoms with Gasteiger partial charge in [-0.2, -0.15) is 0 Å². The molecule has 1 amide bonds. The Morgan fingerprint density at radius 1 is 1.26 bits per heavy atom. The van der Waals surface area contributed by atoms with Gasteiger partial charge >= 0.3 is 0 Å². The molecule has 4 heteroatoms. The van der Waals surface area contributed by atoms with Crippen molar-refractivity contribution in [1.29, 1.82) is 0 Å². The normalized spacial score (nSPS) is 11.5. The van der Waals surface area contributed by atoms with Crippen LogP contribution in [0.1, 0.15) is 30.8 Å². The molecule has 0 radical (unpaired) electrons. The summed E-state index contributed by atoms with van der Waals surface area (Å²) in [5.74, 6) is -0.163. The maximum Gasteiger partial charge on any atom is 0.270 e. The van der Waals surface area contributed by atoms with Gasteiger partial charge in [0.2, 0.25) is 0 Å². The summed E-state index contributed by atoms with van der Waals surface area (Å²) in [5, 5.41) is 3.98. The van der Waals surface area contributed by atoms with E-state index in [4.69, 9.17) is 5.73 Å². The topological polar surface area (TPSA) is 68.0 Å². The predicted molar refractivity (Wildman–Crippen MR) is 77.0 cm³/mol. The van der Waals surface area contributed by atoms with Crippen LogP contribution in [0.25, 0.3) is 10.9 Å². The third-order valence-electron chi connectivity index (χ3n) is 3.05. The van der Waals surface area contributed by atoms with E-state index in [-0.39, 0.29) is 11.4 Å². The Hall–Kier alpha value is -1.94. The van der Waals surface area contributed by atoms with Gasteiger partial charge in [-0.15, -0.1) is 0 Å². The minimum Gasteiger partial charge on any atom is -0.346 e. The average molecular weight is 257 g/mol. The molecule has 100 valence electrons. The van der Waals surface area contributed by atoms with Crippen LogP contribution < -0.4 is 11.1 Å². The minimum absolute atomic E-state index is 0.163. The zero-order valence-corrected chi connectivity index (χ0v) is 11.3. The van der Waals surface area contributed by atoms with Crippen molar-refractivity contribution in [3.8, 4) is 0 Å². The summed E-state index contributed by atoms with van der Waals surface area (Å²) >= 11 is 0. The number of hydrogen-bond donors (Lipinski definition) is 2. The average Bonchev–Trinajstić information content (AvgIpc) is 2.37. The molecule has 0 aliphatic heterocycles. The molecule has 2 aromatic rings. The molecular formula is C15H19N3O. The summed E-state index contributed by atoms with van der Waals surface area (Å²) in [7, 11) is 0. The van der Waals surface area contributed by atoms with Crippen molar-refractivity contribution in [2.24, 2.45) is 5.73 Å². The zero-order chi connectivity index (χ0) is 13.9. The van der Waals surface area contributed by atoms with E-state index in [1.807, 2.05) is 44.2 Å². The number of para-hydroxylation sites is 1. The number of aromatic nitrogens is 1. The van der Waals surface area contributed by atoms with Crippen molar-refractivity contribution >= 4 is 16.8 Å². The molecule has 0 spiro atoms. The summed E-state index contributed by atoms with van der Waals surface area (Å²) < 4.78 is 0. The summed E-state index contributed by atoms with van der Waals surface area (Å²) in [6, 6.07) is 11.4. The number of fused-ring (bicyclic) bond motifs is 1. The second-order valence-corrected chi connectivity index (χ2v) is 5.27. The highest BCUT2D eigenvalue weighted by Gasteiger charge is 2.20. The van der Waals surface area contributed by atoms with Crippen LogP contribution in [-0.4, -0.2) is 23.0 Å². The number of benzene rings is 1. The number of nitrogens with one attached hydrogen (secondary N) is 1. The molecule has 0 atom stereocenters. The fourth-order valence-electron chi connectivity index (χ4n) is 1.99. The Morgan fingerprint density at radius 2 is 2.00 bits per heavy atom. The SMILES string of the molecule is CC(C)(CCN)NC(=O)c1ccc2ccccc2n1. The molecular weight excluding hydrogens is 238 g/mol. The maximum atomic E-state index is 12.2. The standard InChI is InChI=1S/C15H19N3O/c1-15(2,9-10-16)18-14(19)13-8-7-11-5-3-4-6-12(11)17-13/h3-8H,9-10,16H2,1-2H3,(H,18,19). The van der Waals surface area contributed by atoms with Gasteiger partial charge in [-0.3, -0.25) is 4.79 Å². The first-order valence-corrected chi connectivity index (χ1v) is 6.40. The molecule has 1 aromatic carbocycles. The second kappa shape index (κ2) is 5.36. The predicted octanol–water partition coefficient (Wildman–Crippen LogP) is 2.09. The van der Waals surface area contributed by atoms with Gasteiger partial charge in [0.1, 0.15) is 5.69 Å². The van der Waals surface area contributed by atoms with E-state index in [1.165, 1.54) is 0 Å². The molecule has 4 nitrogen and oxygen atoms in total. The van der Waals surface area contributed by atoms with E-state index in [2.05, 4.69) is 10.3 Å². The smallest absolute Gasteiger partial charge is 0.270 e. The van der Waals surface area contributed by atoms with Crippen molar-refractivity contribution in [3.63, 3.8) is 0 Å². The number of hydrogen-bond acceptors (Lipinski definition) is 3. The minimum atomic E-state index is -0.320. The summed E-state index contributed by atoms with van der Waals surface area (Å²) in [5.41, 5.74) is 6.48. The van der Waals surface area contributed by atoms with Gasteiger partial charge in [-0.05, 0) is 38.9 Å². The number of nitrogens with zero attached hydrogens (tertiary/aromatic N) is 1. The molecule has 0 unspecified atom stereocenters. The Morgan fingerprint density at radius 3 is 2.74 bits per heavy atom. The van der Waals surface area contributed by atoms with Crippen LogP contribution in [0.15, 0.2) is 36.4 Å². The van der Waals surface area contributed by atoms with E-state index in [1.54, 1.807) is 6.07 Å². The lowest BCUT2D eigenvalue weighted by Crippen LogP contribution is -2.45. The van der Waals surface area contributed by atoms with Crippen molar-refractivity contribution in [2.75, 3.05) is 6.54 Å². The number of amides is 1. The number of nitrogens with two attached hydrogens (primary N) is 1. The van der Waals surface area contributed by atoms with Gasteiger partial charge in [-0.1, -0.05) is 24.3 Å². The first kappa shape index (κ1) is 13.5. The lowest BCUT2D eigenvalue weighted by atomic mass is 10.0. The van der Waals surface area contributed by atoms with Crippen LogP contribution in [0.3, 0.4) is 0 Å². The fourth-order valence-corrected chi connectivity index (χ4v) is 1.99. The monoisotopic (exact) mass is 257 g/mol. The number of carbonyl (C=O) groups excluding carboxylic acids is 1. The third kappa shape index (κ3) is 3.29. The fraction of sp³-hybridized carbons (Fsp3) is 0.333. The molecule has 0 aliphatic rings. The van der Waals surface area contributed by atoms with Crippen molar-refractivity contribution in [1.82, 2.24) is 10.3 Å². The molecule has 0 fully saturated rings. The first-order valence-electron chi connectivity index (χ1n) is 6.40. The van der Waals surface area contributed by atoms with E-state index in [0.717, 1.165) is 17.3 Å². The maximum absolute atomic E-state index is 12.2. The van der Waals surface area contributed by atoms with Crippen molar-refractivity contribution in [2.45, 2.75) is 25.8 Å². The van der Waals surface area contributed by atoms with Crippen LogP contribution >= 0.6 is 0 Å². The lowest BCUT2D eigenvalue weighted by Gasteiger charge is -2.25. The summed E-state index contributed by atoms with van der Waals surface area (Å²) in [4.78, 5) is 16.5. The number of carbonyl (C=O) groups is 1. The third-order valence-corrected chi connectivity index (χ3v) is 3.05. The molecule has 0 saturated carbocycles. The molecule has 0 bridgehead atoms. The van der Waals surface area contributed by atoms with Crippen LogP contribution in [0.4, 0.5) is 0 Å². The largest absolute Gasteiger partial charge is 0.346 e. The second-order valence-electron chi connectivity index (χ2n) is 5.27. The Labute approximate surface area is 113 Å². The molecule has 3 N–H and O–H groups in total. The Balaban J connectivity index is 2.22. The lowest BCUT2D eigenvalue weighted by molar-refractivity contribution is 0.0905. The molecule has 2 rings (SSSR count). The summed E-state index contributed by atoms with van der Waals surface area (Å²) in [6.45, 7) is 4.45. The van der Waals surface area contributed by atoms with Gasteiger partial charge in [0.15, 0.2) is 0 Å². The van der Waals surface area contributed by atoms with Gasteiger partial charge in [0.05, 0.1) is 5.52 Å².